The number of amides is 1. The van der Waals surface area contributed by atoms with Crippen LogP contribution in [0.5, 0.6) is 0 Å². The predicted octanol–water partition coefficient (Wildman–Crippen LogP) is 3.21. The Morgan fingerprint density at radius 3 is 3.00 bits per heavy atom. The maximum Gasteiger partial charge on any atom is 0.289 e. The summed E-state index contributed by atoms with van der Waals surface area (Å²) in [7, 11) is 0. The summed E-state index contributed by atoms with van der Waals surface area (Å²) >= 11 is 8.57. The summed E-state index contributed by atoms with van der Waals surface area (Å²) in [6.45, 7) is 1.11. The Kier molecular flexibility index (Phi) is 3.71. The van der Waals surface area contributed by atoms with Crippen LogP contribution in [0.2, 0.25) is 0 Å². The highest BCUT2D eigenvalue weighted by molar-refractivity contribution is 9.10. The average Bonchev–Trinajstić information content (AvgIpc) is 2.98. The number of benzene rings is 1. The minimum Gasteiger partial charge on any atom is -0.409 e. The highest BCUT2D eigenvalue weighted by atomic mass is 79.9. The van der Waals surface area contributed by atoms with E-state index in [9.17, 15) is 4.79 Å². The van der Waals surface area contributed by atoms with Crippen LogP contribution in [0, 0.1) is 4.84 Å². The molecule has 0 unspecified atom stereocenters. The molecule has 20 heavy (non-hydrogen) atoms. The van der Waals surface area contributed by atoms with Crippen molar-refractivity contribution in [2.24, 2.45) is 0 Å². The number of nitrogens with zero attached hydrogens (tertiary/aromatic N) is 3. The summed E-state index contributed by atoms with van der Waals surface area (Å²) in [5, 5.41) is 4.35. The van der Waals surface area contributed by atoms with Crippen molar-refractivity contribution in [3.8, 4) is 11.5 Å². The van der Waals surface area contributed by atoms with Crippen molar-refractivity contribution in [3.63, 3.8) is 0 Å². The normalized spacial score (nSPS) is 15.1. The van der Waals surface area contributed by atoms with Gasteiger partial charge in [0.2, 0.25) is 11.8 Å². The molecule has 7 heteroatoms. The quantitative estimate of drug-likeness (QED) is 0.795. The highest BCUT2D eigenvalue weighted by Crippen LogP contribution is 2.22. The van der Waals surface area contributed by atoms with E-state index in [0.29, 0.717) is 19.0 Å². The van der Waals surface area contributed by atoms with E-state index in [1.807, 2.05) is 24.3 Å². The molecule has 1 aliphatic heterocycles. The zero-order valence-electron chi connectivity index (χ0n) is 10.6. The van der Waals surface area contributed by atoms with Crippen LogP contribution in [-0.4, -0.2) is 27.1 Å². The lowest BCUT2D eigenvalue weighted by molar-refractivity contribution is -0.129. The SMILES string of the molecule is O=C1CCCN1Cn1nc(-c2cccc(Br)c2)oc1=S. The van der Waals surface area contributed by atoms with E-state index in [0.717, 1.165) is 23.0 Å². The smallest absolute Gasteiger partial charge is 0.289 e. The van der Waals surface area contributed by atoms with E-state index in [1.54, 1.807) is 9.58 Å². The summed E-state index contributed by atoms with van der Waals surface area (Å²) in [6, 6.07) is 7.64. The second-order valence-corrected chi connectivity index (χ2v) is 5.85. The van der Waals surface area contributed by atoms with E-state index < -0.39 is 0 Å². The third kappa shape index (κ3) is 2.69. The molecule has 2 aromatic rings. The summed E-state index contributed by atoms with van der Waals surface area (Å²) in [4.78, 5) is 13.6. The third-order valence-electron chi connectivity index (χ3n) is 3.15. The van der Waals surface area contributed by atoms with Gasteiger partial charge in [0.1, 0.15) is 6.67 Å². The molecule has 1 aromatic heterocycles. The largest absolute Gasteiger partial charge is 0.409 e. The van der Waals surface area contributed by atoms with E-state index in [1.165, 1.54) is 0 Å². The van der Waals surface area contributed by atoms with Crippen LogP contribution in [0.3, 0.4) is 0 Å². The van der Waals surface area contributed by atoms with E-state index in [2.05, 4.69) is 21.0 Å². The predicted molar refractivity (Wildman–Crippen MR) is 79.4 cm³/mol. The van der Waals surface area contributed by atoms with E-state index in [4.69, 9.17) is 16.6 Å². The zero-order chi connectivity index (χ0) is 14.1. The van der Waals surface area contributed by atoms with Crippen molar-refractivity contribution in [2.75, 3.05) is 6.54 Å². The van der Waals surface area contributed by atoms with Gasteiger partial charge in [0.15, 0.2) is 0 Å². The molecule has 0 N–H and O–H groups in total. The zero-order valence-corrected chi connectivity index (χ0v) is 13.0. The monoisotopic (exact) mass is 353 g/mol. The van der Waals surface area contributed by atoms with Crippen LogP contribution in [0.15, 0.2) is 33.2 Å². The molecular weight excluding hydrogens is 342 g/mol. The van der Waals surface area contributed by atoms with Gasteiger partial charge in [0, 0.05) is 23.0 Å². The second-order valence-electron chi connectivity index (χ2n) is 4.59. The molecule has 1 aliphatic rings. The van der Waals surface area contributed by atoms with Crippen molar-refractivity contribution < 1.29 is 9.21 Å². The van der Waals surface area contributed by atoms with Crippen LogP contribution in [-0.2, 0) is 11.5 Å². The average molecular weight is 354 g/mol. The lowest BCUT2D eigenvalue weighted by Gasteiger charge is -2.13. The van der Waals surface area contributed by atoms with Gasteiger partial charge in [-0.05, 0) is 36.8 Å². The lowest BCUT2D eigenvalue weighted by atomic mass is 10.2. The van der Waals surface area contributed by atoms with Crippen molar-refractivity contribution in [3.05, 3.63) is 33.6 Å². The first kappa shape index (κ1) is 13.5. The molecule has 1 aromatic carbocycles. The fourth-order valence-electron chi connectivity index (χ4n) is 2.15. The highest BCUT2D eigenvalue weighted by Gasteiger charge is 2.21. The van der Waals surface area contributed by atoms with E-state index in [-0.39, 0.29) is 10.7 Å². The molecule has 2 heterocycles. The van der Waals surface area contributed by atoms with Crippen LogP contribution in [0.1, 0.15) is 12.8 Å². The number of likely N-dealkylation sites (tertiary alicyclic amines) is 1. The Balaban J connectivity index is 1.87. The first-order valence-corrected chi connectivity index (χ1v) is 7.45. The molecule has 104 valence electrons. The van der Waals surface area contributed by atoms with Crippen LogP contribution in [0.4, 0.5) is 0 Å². The Hall–Kier alpha value is -1.47. The number of carbonyl (C=O) groups is 1. The number of aromatic nitrogens is 2. The Morgan fingerprint density at radius 1 is 1.45 bits per heavy atom. The van der Waals surface area contributed by atoms with E-state index >= 15 is 0 Å². The summed E-state index contributed by atoms with van der Waals surface area (Å²) < 4.78 is 8.00. The van der Waals surface area contributed by atoms with Gasteiger partial charge in [-0.25, -0.2) is 0 Å². The summed E-state index contributed by atoms with van der Waals surface area (Å²) in [6.07, 6.45) is 1.49. The van der Waals surface area contributed by atoms with Gasteiger partial charge in [0.05, 0.1) is 0 Å². The Morgan fingerprint density at radius 2 is 2.30 bits per heavy atom. The summed E-state index contributed by atoms with van der Waals surface area (Å²) in [5.41, 5.74) is 0.844. The number of hydrogen-bond donors (Lipinski definition) is 0. The van der Waals surface area contributed by atoms with Gasteiger partial charge in [0.25, 0.3) is 4.84 Å². The molecule has 1 saturated heterocycles. The Bertz CT molecular complexity index is 710. The maximum absolute atomic E-state index is 11.6. The van der Waals surface area contributed by atoms with Gasteiger partial charge >= 0.3 is 0 Å². The number of carbonyl (C=O) groups excluding carboxylic acids is 1. The molecule has 0 spiro atoms. The van der Waals surface area contributed by atoms with Crippen LogP contribution < -0.4 is 0 Å². The number of halogens is 1. The summed E-state index contributed by atoms with van der Waals surface area (Å²) in [5.74, 6) is 0.599. The molecular formula is C13H12BrN3O2S. The minimum absolute atomic E-state index is 0.138. The Labute approximate surface area is 129 Å². The molecule has 0 aliphatic carbocycles. The van der Waals surface area contributed by atoms with Crippen LogP contribution >= 0.6 is 28.1 Å². The topological polar surface area (TPSA) is 51.3 Å². The fraction of sp³-hybridized carbons (Fsp3) is 0.308. The van der Waals surface area contributed by atoms with Gasteiger partial charge in [-0.2, -0.15) is 4.68 Å². The fourth-order valence-corrected chi connectivity index (χ4v) is 2.73. The molecule has 1 amide bonds. The first-order chi connectivity index (χ1) is 9.63. The van der Waals surface area contributed by atoms with Crippen LogP contribution in [0.25, 0.3) is 11.5 Å². The molecule has 5 nitrogen and oxygen atoms in total. The van der Waals surface area contributed by atoms with Crippen molar-refractivity contribution in [2.45, 2.75) is 19.5 Å². The second kappa shape index (κ2) is 5.49. The van der Waals surface area contributed by atoms with Crippen molar-refractivity contribution in [1.29, 1.82) is 0 Å². The lowest BCUT2D eigenvalue weighted by Crippen LogP contribution is -2.27. The van der Waals surface area contributed by atoms with Crippen molar-refractivity contribution >= 4 is 34.1 Å². The molecule has 0 radical (unpaired) electrons. The molecule has 0 bridgehead atoms. The van der Waals surface area contributed by atoms with Gasteiger partial charge in [-0.3, -0.25) is 4.79 Å². The first-order valence-electron chi connectivity index (χ1n) is 6.25. The molecule has 3 rings (SSSR count). The van der Waals surface area contributed by atoms with Crippen molar-refractivity contribution in [1.82, 2.24) is 14.7 Å². The molecule has 1 fully saturated rings. The third-order valence-corrected chi connectivity index (χ3v) is 3.94. The number of rotatable bonds is 3. The van der Waals surface area contributed by atoms with Gasteiger partial charge < -0.3 is 9.32 Å². The number of hydrogen-bond acceptors (Lipinski definition) is 4. The van der Waals surface area contributed by atoms with Gasteiger partial charge in [-0.1, -0.05) is 22.0 Å². The standard InChI is InChI=1S/C13H12BrN3O2S/c14-10-4-1-3-9(7-10)12-15-17(13(20)19-12)8-16-6-2-5-11(16)18/h1,3-4,7H,2,5-6,8H2. The minimum atomic E-state index is 0.138. The molecule has 0 atom stereocenters. The molecule has 0 saturated carbocycles. The maximum atomic E-state index is 11.6. The van der Waals surface area contributed by atoms with Gasteiger partial charge in [-0.15, -0.1) is 5.10 Å².